The quantitative estimate of drug-likeness (QED) is 0.0358. The smallest absolute Gasteiger partial charge is 0.550 e. The number of rotatable bonds is 40. The van der Waals surface area contributed by atoms with Gasteiger partial charge >= 0.3 is 60.8 Å². The second-order valence-electron chi connectivity index (χ2n) is 17.5. The molecule has 2 aromatic carbocycles. The molecule has 2 rings (SSSR count). The van der Waals surface area contributed by atoms with Gasteiger partial charge in [-0.05, 0) is 101 Å². The number of aliphatic carboxylic acids is 2. The molecule has 0 aromatic heterocycles. The molecule has 0 saturated heterocycles. The van der Waals surface area contributed by atoms with E-state index in [0.29, 0.717) is 13.2 Å². The zero-order chi connectivity index (χ0) is 46.9. The molecule has 0 N–H and O–H groups in total. The summed E-state index contributed by atoms with van der Waals surface area (Å²) >= 11 is 0. The molecule has 0 spiro atoms. The van der Waals surface area contributed by atoms with Gasteiger partial charge in [-0.3, -0.25) is 9.59 Å². The van der Waals surface area contributed by atoms with E-state index in [9.17, 15) is 29.4 Å². The van der Waals surface area contributed by atoms with Crippen LogP contribution in [0.1, 0.15) is 219 Å². The van der Waals surface area contributed by atoms with Crippen LogP contribution in [0.25, 0.3) is 0 Å². The molecule has 4 atom stereocenters. The van der Waals surface area contributed by atoms with E-state index >= 15 is 0 Å². The first kappa shape index (κ1) is 62.8. The third kappa shape index (κ3) is 40.6. The van der Waals surface area contributed by atoms with Crippen molar-refractivity contribution in [1.29, 1.82) is 0 Å². The van der Waals surface area contributed by atoms with E-state index in [2.05, 4.69) is 38.1 Å². The predicted octanol–water partition coefficient (Wildman–Crippen LogP) is 11.1. The summed E-state index contributed by atoms with van der Waals surface area (Å²) in [4.78, 5) is 43.2. The fourth-order valence-electron chi connectivity index (χ4n) is 7.90. The van der Waals surface area contributed by atoms with E-state index in [0.717, 1.165) is 167 Å². The van der Waals surface area contributed by atoms with Crippen LogP contribution in [0.5, 0.6) is 0 Å². The van der Waals surface area contributed by atoms with Crippen LogP contribution in [-0.4, -0.2) is 97.2 Å². The average molecular weight is 1030 g/mol. The van der Waals surface area contributed by atoms with Crippen LogP contribution < -0.4 is 10.2 Å². The number of ether oxygens (including phenoxy) is 4. The number of hydrogen-bond donors (Lipinski definition) is 0. The maximum Gasteiger partial charge on any atom is 2.00 e. The number of benzene rings is 2. The average Bonchev–Trinajstić information content (AvgIpc) is 3.27. The van der Waals surface area contributed by atoms with E-state index in [1.165, 1.54) is 25.0 Å². The Morgan fingerprint density at radius 1 is 0.415 bits per heavy atom. The molecular weight excluding hydrogens is 946 g/mol. The van der Waals surface area contributed by atoms with Crippen molar-refractivity contribution in [2.75, 3.05) is 0 Å². The van der Waals surface area contributed by atoms with E-state index < -0.39 is 11.9 Å². The molecule has 0 aliphatic rings. The van der Waals surface area contributed by atoms with Crippen molar-refractivity contribution in [3.8, 4) is 0 Å². The molecule has 10 nitrogen and oxygen atoms in total. The van der Waals surface area contributed by atoms with Crippen LogP contribution in [0.3, 0.4) is 0 Å². The first-order valence-corrected chi connectivity index (χ1v) is 25.1. The molecule has 0 bridgehead atoms. The fourth-order valence-corrected chi connectivity index (χ4v) is 7.90. The van der Waals surface area contributed by atoms with Gasteiger partial charge in [0.25, 0.3) is 0 Å². The largest absolute Gasteiger partial charge is 2.00 e. The molecule has 0 amide bonds. The van der Waals surface area contributed by atoms with Gasteiger partial charge in [-0.15, -0.1) is 0 Å². The number of unbranched alkanes of at least 4 members (excludes halogenated alkanes) is 14. The summed E-state index contributed by atoms with van der Waals surface area (Å²) in [6.45, 7) is 8.38. The Kier molecular flexibility index (Phi) is 42.8. The van der Waals surface area contributed by atoms with Crippen molar-refractivity contribution >= 4 is 72.8 Å². The second kappa shape index (κ2) is 44.3. The van der Waals surface area contributed by atoms with Crippen LogP contribution in [0.15, 0.2) is 60.7 Å². The van der Waals surface area contributed by atoms with Gasteiger partial charge in [-0.2, -0.15) is 0 Å². The first-order valence-electron chi connectivity index (χ1n) is 25.1. The molecule has 0 radical (unpaired) electrons. The molecule has 65 heavy (non-hydrogen) atoms. The molecule has 0 heterocycles. The van der Waals surface area contributed by atoms with Crippen molar-refractivity contribution in [2.24, 2.45) is 0 Å². The minimum absolute atomic E-state index is 0. The van der Waals surface area contributed by atoms with Crippen molar-refractivity contribution in [3.63, 3.8) is 0 Å². The molecule has 11 heteroatoms. The zero-order valence-corrected chi connectivity index (χ0v) is 45.5. The maximum absolute atomic E-state index is 11.1. The third-order valence-electron chi connectivity index (χ3n) is 11.7. The molecule has 364 valence electrons. The molecule has 0 saturated carbocycles. The summed E-state index contributed by atoms with van der Waals surface area (Å²) < 4.78 is 23.2. The van der Waals surface area contributed by atoms with Gasteiger partial charge in [0, 0.05) is 25.8 Å². The van der Waals surface area contributed by atoms with Crippen molar-refractivity contribution in [1.82, 2.24) is 0 Å². The molecular formula is C54H86BaO10. The SMILES string of the molecule is CCC(CCCCCC(CCCCCCCCC(=O)[O-])OCc1ccccc1)OC(C)=O.CCC(CCCCCC(CCCCCCCCC(=O)[O-])OCc1ccccc1)OC(C)=O.[Ba+2]. The molecule has 4 unspecified atom stereocenters. The number of carbonyl (C=O) groups excluding carboxylic acids is 4. The minimum Gasteiger partial charge on any atom is -0.550 e. The monoisotopic (exact) mass is 1030 g/mol. The molecule has 0 aliphatic heterocycles. The number of esters is 2. The Balaban J connectivity index is 0.00000124. The van der Waals surface area contributed by atoms with Gasteiger partial charge in [-0.1, -0.05) is 164 Å². The van der Waals surface area contributed by atoms with Crippen LogP contribution in [0, 0.1) is 0 Å². The van der Waals surface area contributed by atoms with Crippen LogP contribution >= 0.6 is 0 Å². The van der Waals surface area contributed by atoms with Gasteiger partial charge in [0.1, 0.15) is 12.2 Å². The Bertz CT molecular complexity index is 1320. The number of carboxylic acid groups (broad SMARTS) is 2. The number of carboxylic acids is 2. The van der Waals surface area contributed by atoms with Crippen LogP contribution in [0.4, 0.5) is 0 Å². The zero-order valence-electron chi connectivity index (χ0n) is 41.1. The first-order chi connectivity index (χ1) is 31.0. The fraction of sp³-hybridized carbons (Fsp3) is 0.704. The summed E-state index contributed by atoms with van der Waals surface area (Å²) in [5.41, 5.74) is 2.41. The van der Waals surface area contributed by atoms with E-state index in [1.54, 1.807) is 0 Å². The van der Waals surface area contributed by atoms with Crippen LogP contribution in [-0.2, 0) is 51.3 Å². The van der Waals surface area contributed by atoms with Gasteiger partial charge in [0.2, 0.25) is 0 Å². The van der Waals surface area contributed by atoms with Crippen molar-refractivity contribution < 1.29 is 48.3 Å². The van der Waals surface area contributed by atoms with E-state index in [1.807, 2.05) is 36.4 Å². The second-order valence-corrected chi connectivity index (χ2v) is 17.5. The van der Waals surface area contributed by atoms with Gasteiger partial charge in [-0.25, -0.2) is 0 Å². The standard InChI is InChI=1S/2C27H44O5.Ba/c2*1-3-25(32-23(2)28)18-13-9-14-20-26(31-22-24-16-10-8-11-17-24)19-12-6-4-5-7-15-21-27(29)30;/h2*8,10-11,16-17,25-26H,3-7,9,12-15,18-22H2,1-2H3,(H,29,30);/q;;+2/p-2. The third-order valence-corrected chi connectivity index (χ3v) is 11.7. The van der Waals surface area contributed by atoms with Gasteiger partial charge in [0.05, 0.1) is 25.4 Å². The summed E-state index contributed by atoms with van der Waals surface area (Å²) in [5.74, 6) is -2.27. The maximum atomic E-state index is 11.1. The van der Waals surface area contributed by atoms with E-state index in [4.69, 9.17) is 18.9 Å². The topological polar surface area (TPSA) is 151 Å². The number of carbonyl (C=O) groups is 4. The van der Waals surface area contributed by atoms with Crippen molar-refractivity contribution in [2.45, 2.75) is 245 Å². The Labute approximate surface area is 434 Å². The molecule has 0 aliphatic carbocycles. The summed E-state index contributed by atoms with van der Waals surface area (Å²) in [6.07, 6.45) is 27.9. The van der Waals surface area contributed by atoms with Gasteiger partial charge < -0.3 is 38.7 Å². The minimum atomic E-state index is -0.944. The Hall–Kier alpha value is -2.19. The van der Waals surface area contributed by atoms with Gasteiger partial charge in [0.15, 0.2) is 0 Å². The molecule has 2 aromatic rings. The summed E-state index contributed by atoms with van der Waals surface area (Å²) in [7, 11) is 0. The number of hydrogen-bond acceptors (Lipinski definition) is 10. The normalized spacial score (nSPS) is 12.7. The van der Waals surface area contributed by atoms with Crippen molar-refractivity contribution in [3.05, 3.63) is 71.8 Å². The Morgan fingerprint density at radius 2 is 0.677 bits per heavy atom. The predicted molar refractivity (Wildman–Crippen MR) is 258 cm³/mol. The van der Waals surface area contributed by atoms with Crippen LogP contribution in [0.2, 0.25) is 0 Å². The summed E-state index contributed by atoms with van der Waals surface area (Å²) in [6, 6.07) is 20.6. The molecule has 0 fully saturated rings. The Morgan fingerprint density at radius 3 is 0.954 bits per heavy atom. The summed E-state index contributed by atoms with van der Waals surface area (Å²) in [5, 5.41) is 20.9. The van der Waals surface area contributed by atoms with E-state index in [-0.39, 0.29) is 98.1 Å².